The number of hydrogen-bond acceptors (Lipinski definition) is 5. The molecule has 0 unspecified atom stereocenters. The molecule has 0 saturated carbocycles. The number of nitrogens with zero attached hydrogens (tertiary/aromatic N) is 3. The Bertz CT molecular complexity index is 990. The van der Waals surface area contributed by atoms with Crippen molar-refractivity contribution in [3.05, 3.63) is 51.1 Å². The van der Waals surface area contributed by atoms with Gasteiger partial charge in [0.1, 0.15) is 11.6 Å². The molecule has 1 spiro atoms. The van der Waals surface area contributed by atoms with E-state index in [-0.39, 0.29) is 23.1 Å². The molecule has 6 nitrogen and oxygen atoms in total. The van der Waals surface area contributed by atoms with Crippen molar-refractivity contribution in [3.63, 3.8) is 0 Å². The zero-order valence-corrected chi connectivity index (χ0v) is 19.1. The summed E-state index contributed by atoms with van der Waals surface area (Å²) in [6.45, 7) is 8.01. The number of aryl methyl sites for hydroxylation is 1. The maximum atomic E-state index is 13.3. The summed E-state index contributed by atoms with van der Waals surface area (Å²) in [4.78, 5) is 20.3. The van der Waals surface area contributed by atoms with Gasteiger partial charge >= 0.3 is 0 Å². The molecule has 2 fully saturated rings. The van der Waals surface area contributed by atoms with Crippen molar-refractivity contribution >= 4 is 34.7 Å². The summed E-state index contributed by atoms with van der Waals surface area (Å²) in [5, 5.41) is -0.0773. The van der Waals surface area contributed by atoms with E-state index >= 15 is 0 Å². The van der Waals surface area contributed by atoms with E-state index in [1.165, 1.54) is 0 Å². The lowest BCUT2D eigenvalue weighted by atomic mass is 9.73. The Morgan fingerprint density at radius 2 is 1.97 bits per heavy atom. The number of ether oxygens (including phenoxy) is 1. The van der Waals surface area contributed by atoms with Gasteiger partial charge in [-0.2, -0.15) is 0 Å². The predicted molar refractivity (Wildman–Crippen MR) is 122 cm³/mol. The van der Waals surface area contributed by atoms with Gasteiger partial charge in [0.15, 0.2) is 0 Å². The van der Waals surface area contributed by atoms with Crippen molar-refractivity contribution in [2.24, 2.45) is 11.1 Å². The largest absolute Gasteiger partial charge is 0.376 e. The molecule has 2 N–H and O–H groups in total. The molecule has 2 saturated heterocycles. The topological polar surface area (TPSA) is 73.4 Å². The van der Waals surface area contributed by atoms with Gasteiger partial charge in [0.2, 0.25) is 0 Å². The Hall–Kier alpha value is -1.60. The van der Waals surface area contributed by atoms with Crippen LogP contribution in [0.1, 0.15) is 31.2 Å². The first-order valence-corrected chi connectivity index (χ1v) is 11.2. The first-order valence-electron chi connectivity index (χ1n) is 10.4. The van der Waals surface area contributed by atoms with Crippen molar-refractivity contribution < 1.29 is 4.74 Å². The highest BCUT2D eigenvalue weighted by molar-refractivity contribution is 6.40. The molecule has 0 bridgehead atoms. The van der Waals surface area contributed by atoms with Gasteiger partial charge in [-0.25, -0.2) is 4.98 Å². The Morgan fingerprint density at radius 3 is 2.60 bits per heavy atom. The molecule has 4 rings (SSSR count). The number of anilines is 1. The van der Waals surface area contributed by atoms with Gasteiger partial charge in [0, 0.05) is 24.5 Å². The molecule has 1 aromatic heterocycles. The van der Waals surface area contributed by atoms with Gasteiger partial charge in [0.05, 0.1) is 34.4 Å². The monoisotopic (exact) mass is 450 g/mol. The molecule has 2 aliphatic heterocycles. The zero-order valence-electron chi connectivity index (χ0n) is 17.6. The van der Waals surface area contributed by atoms with Crippen LogP contribution in [0.15, 0.2) is 34.1 Å². The van der Waals surface area contributed by atoms with Crippen LogP contribution in [0, 0.1) is 19.3 Å². The van der Waals surface area contributed by atoms with Crippen molar-refractivity contribution in [2.75, 3.05) is 24.6 Å². The van der Waals surface area contributed by atoms with Crippen LogP contribution in [0.3, 0.4) is 0 Å². The molecule has 162 valence electrons. The van der Waals surface area contributed by atoms with Crippen LogP contribution in [-0.2, 0) is 4.74 Å². The molecule has 3 aliphatic rings. The van der Waals surface area contributed by atoms with Crippen LogP contribution in [0.2, 0.25) is 0 Å². The number of hydrogen-bond donors (Lipinski definition) is 1. The maximum Gasteiger partial charge on any atom is 0.263 e. The molecule has 0 radical (unpaired) electrons. The SMILES string of the molecule is Cc1c(N2CCC3(CC2)CO[C@@H](C)[C@H]3N)nc(C)n(C2=C(Cl)[C@H](Cl)C=CC=C2)c1=O. The molecule has 0 aromatic carbocycles. The van der Waals surface area contributed by atoms with Crippen LogP contribution in [-0.4, -0.2) is 46.8 Å². The first kappa shape index (κ1) is 21.6. The van der Waals surface area contributed by atoms with E-state index < -0.39 is 5.38 Å². The summed E-state index contributed by atoms with van der Waals surface area (Å²) in [7, 11) is 0. The van der Waals surface area contributed by atoms with Gasteiger partial charge in [0.25, 0.3) is 5.56 Å². The lowest BCUT2D eigenvalue weighted by molar-refractivity contribution is 0.0974. The first-order chi connectivity index (χ1) is 14.2. The molecule has 3 atom stereocenters. The predicted octanol–water partition coefficient (Wildman–Crippen LogP) is 3.33. The fourth-order valence-corrected chi connectivity index (χ4v) is 5.14. The molecule has 0 amide bonds. The number of allylic oxidation sites excluding steroid dienone is 6. The van der Waals surface area contributed by atoms with Crippen molar-refractivity contribution in [3.8, 4) is 0 Å². The number of rotatable bonds is 2. The lowest BCUT2D eigenvalue weighted by Crippen LogP contribution is -2.51. The fraction of sp³-hybridized carbons (Fsp3) is 0.545. The van der Waals surface area contributed by atoms with Crippen LogP contribution in [0.5, 0.6) is 0 Å². The average Bonchev–Trinajstić information content (AvgIpc) is 2.89. The molecule has 8 heteroatoms. The second-order valence-electron chi connectivity index (χ2n) is 8.52. The summed E-state index contributed by atoms with van der Waals surface area (Å²) < 4.78 is 7.37. The van der Waals surface area contributed by atoms with Crippen LogP contribution in [0.25, 0.3) is 5.70 Å². The van der Waals surface area contributed by atoms with E-state index in [9.17, 15) is 4.79 Å². The second kappa shape index (κ2) is 8.15. The normalized spacial score (nSPS) is 28.5. The average molecular weight is 451 g/mol. The Balaban J connectivity index is 1.65. The summed E-state index contributed by atoms with van der Waals surface area (Å²) in [6, 6.07) is 0.0525. The Kier molecular flexibility index (Phi) is 5.88. The minimum absolute atomic E-state index is 0.0275. The molecule has 30 heavy (non-hydrogen) atoms. The van der Waals surface area contributed by atoms with Gasteiger partial charge in [-0.05, 0) is 39.7 Å². The highest BCUT2D eigenvalue weighted by Crippen LogP contribution is 2.42. The highest BCUT2D eigenvalue weighted by Gasteiger charge is 2.47. The second-order valence-corrected chi connectivity index (χ2v) is 9.40. The van der Waals surface area contributed by atoms with Gasteiger partial charge in [-0.1, -0.05) is 29.8 Å². The van der Waals surface area contributed by atoms with Crippen LogP contribution >= 0.6 is 23.2 Å². The molecule has 3 heterocycles. The van der Waals surface area contributed by atoms with Crippen molar-refractivity contribution in [1.82, 2.24) is 9.55 Å². The standard InChI is InChI=1S/C22H28Cl2N4O2/c1-13-20(27-10-8-22(9-11-27)12-30-14(2)19(22)25)26-15(3)28(21(13)29)17-7-5-4-6-16(23)18(17)24/h4-7,14,16,19H,8-12,25H2,1-3H3/t14-,16+,19+/m0/s1. The van der Waals surface area contributed by atoms with Crippen molar-refractivity contribution in [1.29, 1.82) is 0 Å². The van der Waals surface area contributed by atoms with Gasteiger partial charge < -0.3 is 15.4 Å². The molecular weight excluding hydrogens is 423 g/mol. The number of halogens is 2. The summed E-state index contributed by atoms with van der Waals surface area (Å²) in [6.07, 6.45) is 9.18. The smallest absolute Gasteiger partial charge is 0.263 e. The quantitative estimate of drug-likeness (QED) is 0.699. The summed E-state index contributed by atoms with van der Waals surface area (Å²) in [5.74, 6) is 1.32. The van der Waals surface area contributed by atoms with Crippen molar-refractivity contribution in [2.45, 2.75) is 51.1 Å². The third-order valence-corrected chi connectivity index (χ3v) is 7.63. The van der Waals surface area contributed by atoms with Gasteiger partial charge in [-0.15, -0.1) is 11.6 Å². The highest BCUT2D eigenvalue weighted by atomic mass is 35.5. The maximum absolute atomic E-state index is 13.3. The number of piperidine rings is 1. The third-order valence-electron chi connectivity index (χ3n) is 6.73. The van der Waals surface area contributed by atoms with E-state index in [1.807, 2.05) is 32.9 Å². The van der Waals surface area contributed by atoms with Crippen LogP contribution < -0.4 is 16.2 Å². The third kappa shape index (κ3) is 3.54. The minimum Gasteiger partial charge on any atom is -0.376 e. The Labute approximate surface area is 187 Å². The van der Waals surface area contributed by atoms with E-state index in [4.69, 9.17) is 38.7 Å². The van der Waals surface area contributed by atoms with E-state index in [2.05, 4.69) is 4.90 Å². The van der Waals surface area contributed by atoms with Gasteiger partial charge in [-0.3, -0.25) is 9.36 Å². The molecular formula is C22H28Cl2N4O2. The minimum atomic E-state index is -0.485. The Morgan fingerprint density at radius 1 is 1.27 bits per heavy atom. The molecule has 1 aliphatic carbocycles. The number of nitrogens with two attached hydrogens (primary N) is 1. The number of alkyl halides is 1. The van der Waals surface area contributed by atoms with Crippen LogP contribution in [0.4, 0.5) is 5.82 Å². The summed E-state index contributed by atoms with van der Waals surface area (Å²) >= 11 is 12.8. The van der Waals surface area contributed by atoms with E-state index in [1.54, 1.807) is 16.7 Å². The van der Waals surface area contributed by atoms with E-state index in [0.717, 1.165) is 31.7 Å². The fourth-order valence-electron chi connectivity index (χ4n) is 4.72. The summed E-state index contributed by atoms with van der Waals surface area (Å²) in [5.41, 5.74) is 7.50. The number of aromatic nitrogens is 2. The molecule has 1 aromatic rings. The lowest BCUT2D eigenvalue weighted by Gasteiger charge is -2.42. The zero-order chi connectivity index (χ0) is 21.6. The van der Waals surface area contributed by atoms with E-state index in [0.29, 0.717) is 28.7 Å².